The van der Waals surface area contributed by atoms with Crippen LogP contribution in [0.4, 0.5) is 5.69 Å². The molecule has 2 aromatic heterocycles. The first-order valence-corrected chi connectivity index (χ1v) is 8.83. The fraction of sp³-hybridized carbons (Fsp3) is 0.176. The van der Waals surface area contributed by atoms with Crippen LogP contribution in [0.5, 0.6) is 0 Å². The number of nitro groups is 1. The van der Waals surface area contributed by atoms with Gasteiger partial charge in [0.15, 0.2) is 16.8 Å². The second kappa shape index (κ2) is 7.87. The van der Waals surface area contributed by atoms with E-state index in [1.165, 1.54) is 30.0 Å². The van der Waals surface area contributed by atoms with Crippen molar-refractivity contribution in [3.05, 3.63) is 64.3 Å². The predicted octanol–water partition coefficient (Wildman–Crippen LogP) is 3.24. The lowest BCUT2D eigenvalue weighted by atomic mass is 10.1. The number of benzene rings is 1. The van der Waals surface area contributed by atoms with E-state index in [4.69, 9.17) is 0 Å². The number of carbonyl (C=O) groups excluding carboxylic acids is 1. The molecule has 132 valence electrons. The minimum atomic E-state index is -0.517. The third-order valence-corrected chi connectivity index (χ3v) is 4.61. The molecule has 0 atom stereocenters. The Balaban J connectivity index is 1.76. The molecule has 0 N–H and O–H groups in total. The Labute approximate surface area is 153 Å². The molecule has 0 fully saturated rings. The van der Waals surface area contributed by atoms with E-state index in [1.807, 2.05) is 29.7 Å². The Morgan fingerprint density at radius 1 is 1.23 bits per heavy atom. The number of hydrogen-bond acceptors (Lipinski definition) is 7. The zero-order valence-corrected chi connectivity index (χ0v) is 14.7. The van der Waals surface area contributed by atoms with E-state index in [0.717, 1.165) is 0 Å². The Morgan fingerprint density at radius 2 is 2.08 bits per heavy atom. The molecule has 8 nitrogen and oxygen atoms in total. The summed E-state index contributed by atoms with van der Waals surface area (Å²) < 4.78 is 1.88. The number of non-ortho nitro benzene ring substituents is 1. The van der Waals surface area contributed by atoms with Crippen molar-refractivity contribution in [2.45, 2.75) is 18.6 Å². The number of carbonyl (C=O) groups is 1. The Hall–Kier alpha value is -3.07. The van der Waals surface area contributed by atoms with Gasteiger partial charge < -0.3 is 4.57 Å². The monoisotopic (exact) mass is 369 g/mol. The van der Waals surface area contributed by atoms with Gasteiger partial charge in [-0.05, 0) is 19.1 Å². The first-order valence-electron chi connectivity index (χ1n) is 7.85. The molecular formula is C17H15N5O3S. The van der Waals surface area contributed by atoms with Gasteiger partial charge in [-0.1, -0.05) is 30.0 Å². The van der Waals surface area contributed by atoms with Gasteiger partial charge in [-0.25, -0.2) is 0 Å². The second-order valence-electron chi connectivity index (χ2n) is 5.28. The smallest absolute Gasteiger partial charge is 0.270 e. The molecule has 0 aliphatic heterocycles. The molecule has 0 spiro atoms. The van der Waals surface area contributed by atoms with Gasteiger partial charge in [0, 0.05) is 30.4 Å². The molecule has 26 heavy (non-hydrogen) atoms. The molecule has 0 bridgehead atoms. The molecule has 0 radical (unpaired) electrons. The number of nitrogens with zero attached hydrogens (tertiary/aromatic N) is 5. The molecule has 0 amide bonds. The lowest BCUT2D eigenvalue weighted by Gasteiger charge is -2.06. The van der Waals surface area contributed by atoms with E-state index < -0.39 is 4.92 Å². The van der Waals surface area contributed by atoms with E-state index in [1.54, 1.807) is 12.3 Å². The van der Waals surface area contributed by atoms with Crippen LogP contribution in [0.25, 0.3) is 11.5 Å². The van der Waals surface area contributed by atoms with Crippen molar-refractivity contribution in [2.75, 3.05) is 5.75 Å². The summed E-state index contributed by atoms with van der Waals surface area (Å²) in [5.74, 6) is 0.545. The van der Waals surface area contributed by atoms with Crippen LogP contribution in [-0.2, 0) is 6.54 Å². The van der Waals surface area contributed by atoms with Gasteiger partial charge in [-0.3, -0.25) is 19.9 Å². The van der Waals surface area contributed by atoms with Gasteiger partial charge in [0.25, 0.3) is 5.69 Å². The molecule has 3 rings (SSSR count). The summed E-state index contributed by atoms with van der Waals surface area (Å²) in [6.07, 6.45) is 1.68. The highest BCUT2D eigenvalue weighted by Crippen LogP contribution is 2.24. The first kappa shape index (κ1) is 17.7. The molecule has 2 heterocycles. The average Bonchev–Trinajstić information content (AvgIpc) is 3.09. The van der Waals surface area contributed by atoms with Gasteiger partial charge >= 0.3 is 0 Å². The minimum Gasteiger partial charge on any atom is -0.301 e. The summed E-state index contributed by atoms with van der Waals surface area (Å²) in [6.45, 7) is 2.59. The fourth-order valence-electron chi connectivity index (χ4n) is 2.37. The summed E-state index contributed by atoms with van der Waals surface area (Å²) in [4.78, 5) is 27.0. The molecule has 0 saturated carbocycles. The van der Waals surface area contributed by atoms with Crippen LogP contribution in [0.2, 0.25) is 0 Å². The highest BCUT2D eigenvalue weighted by molar-refractivity contribution is 7.99. The molecule has 0 saturated heterocycles. The van der Waals surface area contributed by atoms with Gasteiger partial charge in [0.05, 0.1) is 10.7 Å². The van der Waals surface area contributed by atoms with Gasteiger partial charge in [0.2, 0.25) is 0 Å². The summed E-state index contributed by atoms with van der Waals surface area (Å²) in [5, 5.41) is 19.8. The maximum absolute atomic E-state index is 12.4. The van der Waals surface area contributed by atoms with Crippen molar-refractivity contribution in [1.29, 1.82) is 0 Å². The van der Waals surface area contributed by atoms with Gasteiger partial charge in [-0.15, -0.1) is 10.2 Å². The Morgan fingerprint density at radius 3 is 2.77 bits per heavy atom. The summed E-state index contributed by atoms with van der Waals surface area (Å²) in [6, 6.07) is 11.3. The molecule has 1 aromatic carbocycles. The molecule has 0 unspecified atom stereocenters. The van der Waals surface area contributed by atoms with Crippen LogP contribution in [0.15, 0.2) is 53.8 Å². The van der Waals surface area contributed by atoms with Crippen LogP contribution < -0.4 is 0 Å². The highest BCUT2D eigenvalue weighted by Gasteiger charge is 2.17. The number of nitro benzene ring substituents is 1. The second-order valence-corrected chi connectivity index (χ2v) is 6.23. The normalized spacial score (nSPS) is 10.7. The number of rotatable bonds is 7. The van der Waals surface area contributed by atoms with Gasteiger partial charge in [0.1, 0.15) is 5.69 Å². The molecule has 9 heteroatoms. The number of pyridine rings is 1. The zero-order valence-electron chi connectivity index (χ0n) is 13.9. The van der Waals surface area contributed by atoms with E-state index in [2.05, 4.69) is 15.2 Å². The quantitative estimate of drug-likeness (QED) is 0.272. The first-order chi connectivity index (χ1) is 12.6. The van der Waals surface area contributed by atoms with Crippen molar-refractivity contribution >= 4 is 23.2 Å². The van der Waals surface area contributed by atoms with Crippen molar-refractivity contribution in [2.24, 2.45) is 0 Å². The van der Waals surface area contributed by atoms with Gasteiger partial charge in [-0.2, -0.15) is 0 Å². The van der Waals surface area contributed by atoms with Crippen LogP contribution in [0.3, 0.4) is 0 Å². The number of thioether (sulfide) groups is 1. The lowest BCUT2D eigenvalue weighted by molar-refractivity contribution is -0.384. The molecule has 3 aromatic rings. The molecular weight excluding hydrogens is 354 g/mol. The standard InChI is InChI=1S/C17H15N5O3S/c1-2-21-16(14-8-3-4-9-18-14)19-20-17(21)26-11-15(23)12-6-5-7-13(10-12)22(24)25/h3-10H,2,11H2,1H3. The van der Waals surface area contributed by atoms with E-state index >= 15 is 0 Å². The number of hydrogen-bond donors (Lipinski definition) is 0. The van der Waals surface area contributed by atoms with E-state index in [0.29, 0.717) is 28.8 Å². The summed E-state index contributed by atoms with van der Waals surface area (Å²) in [5.41, 5.74) is 0.910. The maximum Gasteiger partial charge on any atom is 0.270 e. The fourth-order valence-corrected chi connectivity index (χ4v) is 3.27. The number of aromatic nitrogens is 4. The van der Waals surface area contributed by atoms with Crippen LogP contribution in [0, 0.1) is 10.1 Å². The summed E-state index contributed by atoms with van der Waals surface area (Å²) >= 11 is 1.25. The number of Topliss-reactive ketones (excluding diaryl/α,β-unsaturated/α-hetero) is 1. The third kappa shape index (κ3) is 3.77. The number of ketones is 1. The van der Waals surface area contributed by atoms with E-state index in [9.17, 15) is 14.9 Å². The third-order valence-electron chi connectivity index (χ3n) is 3.64. The minimum absolute atomic E-state index is 0.102. The van der Waals surface area contributed by atoms with Crippen molar-refractivity contribution in [1.82, 2.24) is 19.7 Å². The molecule has 0 aliphatic carbocycles. The van der Waals surface area contributed by atoms with Crippen LogP contribution in [-0.4, -0.2) is 36.2 Å². The zero-order chi connectivity index (χ0) is 18.5. The molecule has 0 aliphatic rings. The predicted molar refractivity (Wildman–Crippen MR) is 97.1 cm³/mol. The SMILES string of the molecule is CCn1c(SCC(=O)c2cccc([N+](=O)[O-])c2)nnc1-c1ccccn1. The topological polar surface area (TPSA) is 104 Å². The van der Waals surface area contributed by atoms with Crippen molar-refractivity contribution < 1.29 is 9.72 Å². The lowest BCUT2D eigenvalue weighted by Crippen LogP contribution is -2.06. The maximum atomic E-state index is 12.4. The van der Waals surface area contributed by atoms with Crippen LogP contribution in [0.1, 0.15) is 17.3 Å². The van der Waals surface area contributed by atoms with Crippen molar-refractivity contribution in [3.8, 4) is 11.5 Å². The van der Waals surface area contributed by atoms with Crippen LogP contribution >= 0.6 is 11.8 Å². The average molecular weight is 369 g/mol. The summed E-state index contributed by atoms with van der Waals surface area (Å²) in [7, 11) is 0. The Bertz CT molecular complexity index is 943. The highest BCUT2D eigenvalue weighted by atomic mass is 32.2. The largest absolute Gasteiger partial charge is 0.301 e. The van der Waals surface area contributed by atoms with Crippen molar-refractivity contribution in [3.63, 3.8) is 0 Å². The Kier molecular flexibility index (Phi) is 5.37. The van der Waals surface area contributed by atoms with E-state index in [-0.39, 0.29) is 17.2 Å².